The van der Waals surface area contributed by atoms with Crippen molar-refractivity contribution >= 4 is 23.8 Å². The summed E-state index contributed by atoms with van der Waals surface area (Å²) in [6.45, 7) is 3.51. The predicted molar refractivity (Wildman–Crippen MR) is 99.0 cm³/mol. The molecule has 0 heterocycles. The van der Waals surface area contributed by atoms with E-state index in [4.69, 9.17) is 14.6 Å². The van der Waals surface area contributed by atoms with Crippen molar-refractivity contribution < 1.29 is 33.7 Å². The number of ether oxygens (including phenoxy) is 3. The van der Waals surface area contributed by atoms with E-state index in [9.17, 15) is 14.4 Å². The molecule has 146 valence electrons. The Bertz CT molecular complexity index is 674. The highest BCUT2D eigenvalue weighted by Gasteiger charge is 2.12. The molecule has 1 N–H and O–H groups in total. The summed E-state index contributed by atoms with van der Waals surface area (Å²) in [5.41, 5.74) is 0.881. The van der Waals surface area contributed by atoms with Crippen LogP contribution in [0.2, 0.25) is 0 Å². The Morgan fingerprint density at radius 2 is 1.78 bits per heavy atom. The normalized spacial score (nSPS) is 10.4. The zero-order valence-corrected chi connectivity index (χ0v) is 15.3. The predicted octanol–water partition coefficient (Wildman–Crippen LogP) is 2.08. The lowest BCUT2D eigenvalue weighted by Gasteiger charge is -2.08. The standard InChI is InChI=1S/C20H24O7/c1-15(13-17(22)14-21)20(24)27-12-4-3-11-26-18-8-5-16(6-9-18)7-10-19(23)25-2/h5-10,21H,1,3-4,11-14H2,2H3/b10-7+. The molecule has 0 amide bonds. The van der Waals surface area contributed by atoms with E-state index in [0.29, 0.717) is 25.2 Å². The minimum atomic E-state index is -0.631. The van der Waals surface area contributed by atoms with E-state index < -0.39 is 24.3 Å². The molecule has 7 nitrogen and oxygen atoms in total. The number of ketones is 1. The minimum Gasteiger partial charge on any atom is -0.494 e. The van der Waals surface area contributed by atoms with E-state index in [1.807, 2.05) is 12.1 Å². The second-order valence-corrected chi connectivity index (χ2v) is 5.59. The lowest BCUT2D eigenvalue weighted by Crippen LogP contribution is -2.13. The van der Waals surface area contributed by atoms with Gasteiger partial charge in [0, 0.05) is 18.1 Å². The summed E-state index contributed by atoms with van der Waals surface area (Å²) in [6.07, 6.45) is 4.06. The van der Waals surface area contributed by atoms with Gasteiger partial charge in [0.25, 0.3) is 0 Å². The Hall–Kier alpha value is -2.93. The first kappa shape index (κ1) is 22.1. The molecule has 0 saturated carbocycles. The molecule has 7 heteroatoms. The fraction of sp³-hybridized carbons (Fsp3) is 0.350. The monoisotopic (exact) mass is 376 g/mol. The number of hydrogen-bond donors (Lipinski definition) is 1. The van der Waals surface area contributed by atoms with E-state index in [-0.39, 0.29) is 18.6 Å². The second-order valence-electron chi connectivity index (χ2n) is 5.59. The van der Waals surface area contributed by atoms with Crippen LogP contribution in [-0.4, -0.2) is 49.8 Å². The number of carbonyl (C=O) groups is 3. The number of Topliss-reactive ketones (excluding diaryl/α,β-unsaturated/α-hetero) is 1. The maximum Gasteiger partial charge on any atom is 0.333 e. The maximum atomic E-state index is 11.6. The maximum absolute atomic E-state index is 11.6. The van der Waals surface area contributed by atoms with Gasteiger partial charge in [0.05, 0.1) is 20.3 Å². The van der Waals surface area contributed by atoms with Crippen LogP contribution in [0, 0.1) is 0 Å². The van der Waals surface area contributed by atoms with Gasteiger partial charge in [-0.25, -0.2) is 9.59 Å². The fourth-order valence-electron chi connectivity index (χ4n) is 1.93. The molecule has 0 unspecified atom stereocenters. The highest BCUT2D eigenvalue weighted by atomic mass is 16.5. The Labute approximate surface area is 158 Å². The molecule has 1 aromatic carbocycles. The third kappa shape index (κ3) is 9.37. The van der Waals surface area contributed by atoms with Crippen LogP contribution in [0.15, 0.2) is 42.5 Å². The fourth-order valence-corrected chi connectivity index (χ4v) is 1.93. The number of carbonyl (C=O) groups excluding carboxylic acids is 3. The van der Waals surface area contributed by atoms with Gasteiger partial charge in [0.2, 0.25) is 0 Å². The van der Waals surface area contributed by atoms with Crippen molar-refractivity contribution in [3.8, 4) is 5.75 Å². The summed E-state index contributed by atoms with van der Waals surface area (Å²) >= 11 is 0. The van der Waals surface area contributed by atoms with Crippen LogP contribution in [0.1, 0.15) is 24.8 Å². The summed E-state index contributed by atoms with van der Waals surface area (Å²) in [5.74, 6) is -0.830. The zero-order valence-electron chi connectivity index (χ0n) is 15.3. The summed E-state index contributed by atoms with van der Waals surface area (Å²) < 4.78 is 15.1. The van der Waals surface area contributed by atoms with Crippen molar-refractivity contribution in [2.45, 2.75) is 19.3 Å². The molecule has 0 aliphatic carbocycles. The highest BCUT2D eigenvalue weighted by Crippen LogP contribution is 2.14. The van der Waals surface area contributed by atoms with Crippen molar-refractivity contribution in [3.63, 3.8) is 0 Å². The Morgan fingerprint density at radius 3 is 2.41 bits per heavy atom. The number of esters is 2. The topological polar surface area (TPSA) is 99.1 Å². The first-order chi connectivity index (χ1) is 13.0. The largest absolute Gasteiger partial charge is 0.494 e. The number of benzene rings is 1. The molecule has 1 rings (SSSR count). The van der Waals surface area contributed by atoms with Gasteiger partial charge < -0.3 is 19.3 Å². The summed E-state index contributed by atoms with van der Waals surface area (Å²) in [6, 6.07) is 7.21. The Balaban J connectivity index is 2.20. The van der Waals surface area contributed by atoms with Gasteiger partial charge in [0.15, 0.2) is 5.78 Å². The Kier molecular flexibility index (Phi) is 10.2. The van der Waals surface area contributed by atoms with E-state index in [2.05, 4.69) is 11.3 Å². The molecule has 0 fully saturated rings. The lowest BCUT2D eigenvalue weighted by atomic mass is 10.1. The van der Waals surface area contributed by atoms with Gasteiger partial charge in [-0.1, -0.05) is 18.7 Å². The van der Waals surface area contributed by atoms with E-state index in [1.54, 1.807) is 18.2 Å². The molecule has 0 aliphatic heterocycles. The van der Waals surface area contributed by atoms with Crippen LogP contribution >= 0.6 is 0 Å². The average molecular weight is 376 g/mol. The Morgan fingerprint density at radius 1 is 1.11 bits per heavy atom. The van der Waals surface area contributed by atoms with Gasteiger partial charge in [-0.3, -0.25) is 4.79 Å². The quantitative estimate of drug-likeness (QED) is 0.339. The van der Waals surface area contributed by atoms with Crippen molar-refractivity contribution in [2.75, 3.05) is 26.9 Å². The van der Waals surface area contributed by atoms with Crippen molar-refractivity contribution in [1.29, 1.82) is 0 Å². The molecular formula is C20H24O7. The third-order valence-electron chi connectivity index (χ3n) is 3.41. The van der Waals surface area contributed by atoms with Gasteiger partial charge >= 0.3 is 11.9 Å². The number of methoxy groups -OCH3 is 1. The summed E-state index contributed by atoms with van der Waals surface area (Å²) in [5, 5.41) is 8.63. The number of hydrogen-bond acceptors (Lipinski definition) is 7. The van der Waals surface area contributed by atoms with Crippen molar-refractivity contribution in [3.05, 3.63) is 48.1 Å². The van der Waals surface area contributed by atoms with E-state index in [0.717, 1.165) is 5.56 Å². The molecule has 27 heavy (non-hydrogen) atoms. The zero-order chi connectivity index (χ0) is 20.1. The van der Waals surface area contributed by atoms with E-state index in [1.165, 1.54) is 13.2 Å². The van der Waals surface area contributed by atoms with Gasteiger partial charge in [0.1, 0.15) is 12.4 Å². The summed E-state index contributed by atoms with van der Waals surface area (Å²) in [7, 11) is 1.32. The van der Waals surface area contributed by atoms with Gasteiger partial charge in [-0.05, 0) is 36.6 Å². The minimum absolute atomic E-state index is 0.0339. The van der Waals surface area contributed by atoms with Gasteiger partial charge in [-0.15, -0.1) is 0 Å². The van der Waals surface area contributed by atoms with Crippen LogP contribution in [0.5, 0.6) is 5.75 Å². The van der Waals surface area contributed by atoms with E-state index >= 15 is 0 Å². The average Bonchev–Trinajstić information content (AvgIpc) is 2.69. The SMILES string of the molecule is C=C(CC(=O)CO)C(=O)OCCCCOc1ccc(/C=C/C(=O)OC)cc1. The molecule has 0 saturated heterocycles. The molecule has 0 atom stereocenters. The molecular weight excluding hydrogens is 352 g/mol. The van der Waals surface area contributed by atoms with Crippen molar-refractivity contribution in [2.24, 2.45) is 0 Å². The number of unbranched alkanes of at least 4 members (excludes halogenated alkanes) is 1. The first-order valence-electron chi connectivity index (χ1n) is 8.42. The second kappa shape index (κ2) is 12.4. The molecule has 0 spiro atoms. The van der Waals surface area contributed by atoms with Crippen LogP contribution in [0.3, 0.4) is 0 Å². The number of aliphatic hydroxyl groups is 1. The van der Waals surface area contributed by atoms with Crippen molar-refractivity contribution in [1.82, 2.24) is 0 Å². The molecule has 1 aromatic rings. The van der Waals surface area contributed by atoms with Crippen LogP contribution < -0.4 is 4.74 Å². The number of rotatable bonds is 12. The van der Waals surface area contributed by atoms with Crippen LogP contribution in [-0.2, 0) is 23.9 Å². The molecule has 0 radical (unpaired) electrons. The van der Waals surface area contributed by atoms with Gasteiger partial charge in [-0.2, -0.15) is 0 Å². The molecule has 0 aromatic heterocycles. The molecule has 0 bridgehead atoms. The first-order valence-corrected chi connectivity index (χ1v) is 8.42. The lowest BCUT2D eigenvalue weighted by molar-refractivity contribution is -0.140. The third-order valence-corrected chi connectivity index (χ3v) is 3.41. The smallest absolute Gasteiger partial charge is 0.333 e. The molecule has 0 aliphatic rings. The highest BCUT2D eigenvalue weighted by molar-refractivity contribution is 5.95. The summed E-state index contributed by atoms with van der Waals surface area (Å²) in [4.78, 5) is 33.6. The van der Waals surface area contributed by atoms with Crippen LogP contribution in [0.25, 0.3) is 6.08 Å². The number of aliphatic hydroxyl groups excluding tert-OH is 1. The van der Waals surface area contributed by atoms with Crippen LogP contribution in [0.4, 0.5) is 0 Å².